The van der Waals surface area contributed by atoms with Crippen LogP contribution in [0.25, 0.3) is 0 Å². The van der Waals surface area contributed by atoms with Gasteiger partial charge in [-0.2, -0.15) is 0 Å². The molecule has 29 heavy (non-hydrogen) atoms. The number of pyridine rings is 1. The number of rotatable bonds is 8. The predicted octanol–water partition coefficient (Wildman–Crippen LogP) is 4.48. The molecule has 0 saturated heterocycles. The van der Waals surface area contributed by atoms with Crippen molar-refractivity contribution in [3.8, 4) is 17.2 Å². The van der Waals surface area contributed by atoms with Crippen molar-refractivity contribution in [2.45, 2.75) is 6.61 Å². The monoisotopic (exact) mass is 416 g/mol. The number of nitrogens with zero attached hydrogens (tertiary/aromatic N) is 1. The normalized spacial score (nSPS) is 10.3. The fraction of sp³-hybridized carbons (Fsp3) is 0.143. The van der Waals surface area contributed by atoms with E-state index in [2.05, 4.69) is 10.3 Å². The summed E-state index contributed by atoms with van der Waals surface area (Å²) in [5, 5.41) is 2.63. The lowest BCUT2D eigenvalue weighted by atomic mass is 10.2. The molecule has 150 valence electrons. The molecule has 0 aliphatic heterocycles. The van der Waals surface area contributed by atoms with Crippen molar-refractivity contribution in [1.29, 1.82) is 0 Å². The number of methoxy groups -OCH3 is 1. The maximum atomic E-state index is 13.2. The second-order valence-corrected chi connectivity index (χ2v) is 6.34. The Hall–Kier alpha value is -3.32. The highest BCUT2D eigenvalue weighted by Crippen LogP contribution is 2.31. The maximum absolute atomic E-state index is 13.2. The Labute approximate surface area is 172 Å². The Bertz CT molecular complexity index is 986. The molecule has 0 unspecified atom stereocenters. The average molecular weight is 417 g/mol. The summed E-state index contributed by atoms with van der Waals surface area (Å²) in [5.41, 5.74) is 1.41. The summed E-state index contributed by atoms with van der Waals surface area (Å²) in [5.74, 6) is 0.348. The number of aromatic nitrogens is 1. The first kappa shape index (κ1) is 20.4. The lowest BCUT2D eigenvalue weighted by molar-refractivity contribution is -0.118. The van der Waals surface area contributed by atoms with Crippen LogP contribution in [0, 0.1) is 5.82 Å². The molecule has 0 aliphatic rings. The van der Waals surface area contributed by atoms with Crippen LogP contribution in [0.2, 0.25) is 5.02 Å². The highest BCUT2D eigenvalue weighted by atomic mass is 35.5. The first-order valence-corrected chi connectivity index (χ1v) is 9.00. The van der Waals surface area contributed by atoms with Crippen molar-refractivity contribution in [2.75, 3.05) is 19.0 Å². The van der Waals surface area contributed by atoms with Crippen LogP contribution >= 0.6 is 11.6 Å². The molecular weight excluding hydrogens is 399 g/mol. The minimum atomic E-state index is -0.555. The van der Waals surface area contributed by atoms with E-state index in [0.717, 1.165) is 5.56 Å². The zero-order chi connectivity index (χ0) is 20.6. The molecule has 3 aromatic rings. The molecule has 0 atom stereocenters. The van der Waals surface area contributed by atoms with Crippen LogP contribution in [0.4, 0.5) is 10.1 Å². The van der Waals surface area contributed by atoms with Gasteiger partial charge in [-0.05, 0) is 30.3 Å². The topological polar surface area (TPSA) is 69.7 Å². The van der Waals surface area contributed by atoms with E-state index in [-0.39, 0.29) is 11.6 Å². The molecule has 3 rings (SSSR count). The second kappa shape index (κ2) is 9.75. The molecule has 8 heteroatoms. The van der Waals surface area contributed by atoms with Crippen LogP contribution in [-0.4, -0.2) is 24.6 Å². The first-order chi connectivity index (χ1) is 14.0. The highest BCUT2D eigenvalue weighted by molar-refractivity contribution is 6.30. The molecule has 0 fully saturated rings. The van der Waals surface area contributed by atoms with Gasteiger partial charge < -0.3 is 19.5 Å². The standard InChI is InChI=1S/C21H18ClFN2O4/c1-27-19-7-4-15(9-20(19)29-12-14-3-2-8-24-11-14)25-21(26)13-28-16-5-6-18(23)17(22)10-16/h2-11H,12-13H2,1H3,(H,25,26). The van der Waals surface area contributed by atoms with Crippen molar-refractivity contribution in [3.05, 3.63) is 77.3 Å². The molecule has 6 nitrogen and oxygen atoms in total. The third-order valence-corrected chi connectivity index (χ3v) is 4.12. The molecule has 0 aliphatic carbocycles. The van der Waals surface area contributed by atoms with Crippen molar-refractivity contribution in [3.63, 3.8) is 0 Å². The molecule has 2 aromatic carbocycles. The van der Waals surface area contributed by atoms with E-state index in [9.17, 15) is 9.18 Å². The Morgan fingerprint density at radius 2 is 2.00 bits per heavy atom. The summed E-state index contributed by atoms with van der Waals surface area (Å²) >= 11 is 5.69. The number of hydrogen-bond donors (Lipinski definition) is 1. The molecule has 0 bridgehead atoms. The summed E-state index contributed by atoms with van der Waals surface area (Å²) < 4.78 is 29.6. The zero-order valence-corrected chi connectivity index (χ0v) is 16.3. The van der Waals surface area contributed by atoms with Gasteiger partial charge in [-0.15, -0.1) is 0 Å². The molecule has 0 saturated carbocycles. The third-order valence-electron chi connectivity index (χ3n) is 3.83. The number of nitrogens with one attached hydrogen (secondary N) is 1. The van der Waals surface area contributed by atoms with E-state index in [1.807, 2.05) is 12.1 Å². The van der Waals surface area contributed by atoms with Crippen LogP contribution in [0.5, 0.6) is 17.2 Å². The minimum absolute atomic E-state index is 0.0755. The summed E-state index contributed by atoms with van der Waals surface area (Å²) in [4.78, 5) is 16.2. The fourth-order valence-electron chi connectivity index (χ4n) is 2.42. The van der Waals surface area contributed by atoms with E-state index in [0.29, 0.717) is 29.5 Å². The Balaban J connectivity index is 1.60. The predicted molar refractivity (Wildman–Crippen MR) is 107 cm³/mol. The van der Waals surface area contributed by atoms with Crippen LogP contribution in [0.3, 0.4) is 0 Å². The Morgan fingerprint density at radius 1 is 1.14 bits per heavy atom. The molecule has 1 heterocycles. The van der Waals surface area contributed by atoms with E-state index >= 15 is 0 Å². The van der Waals surface area contributed by atoms with Gasteiger partial charge in [0.05, 0.1) is 12.1 Å². The summed E-state index contributed by atoms with van der Waals surface area (Å²) in [6, 6.07) is 12.6. The van der Waals surface area contributed by atoms with Crippen molar-refractivity contribution in [2.24, 2.45) is 0 Å². The van der Waals surface area contributed by atoms with Gasteiger partial charge in [0.25, 0.3) is 5.91 Å². The molecule has 0 radical (unpaired) electrons. The van der Waals surface area contributed by atoms with Crippen LogP contribution in [0.1, 0.15) is 5.56 Å². The number of carbonyl (C=O) groups is 1. The number of halogens is 2. The molecule has 1 N–H and O–H groups in total. The van der Waals surface area contributed by atoms with Crippen LogP contribution < -0.4 is 19.5 Å². The Morgan fingerprint density at radius 3 is 2.72 bits per heavy atom. The van der Waals surface area contributed by atoms with Crippen LogP contribution in [0.15, 0.2) is 60.9 Å². The lowest BCUT2D eigenvalue weighted by Gasteiger charge is -2.13. The molecule has 1 aromatic heterocycles. The number of hydrogen-bond acceptors (Lipinski definition) is 5. The molecule has 0 spiro atoms. The van der Waals surface area contributed by atoms with Crippen molar-refractivity contribution in [1.82, 2.24) is 4.98 Å². The number of amides is 1. The van der Waals surface area contributed by atoms with E-state index in [1.54, 1.807) is 30.6 Å². The fourth-order valence-corrected chi connectivity index (χ4v) is 2.59. The summed E-state index contributed by atoms with van der Waals surface area (Å²) in [6.45, 7) is 0.0376. The van der Waals surface area contributed by atoms with Gasteiger partial charge >= 0.3 is 0 Å². The number of ether oxygens (including phenoxy) is 3. The first-order valence-electron chi connectivity index (χ1n) is 8.62. The van der Waals surface area contributed by atoms with E-state index in [4.69, 9.17) is 25.8 Å². The maximum Gasteiger partial charge on any atom is 0.262 e. The SMILES string of the molecule is COc1ccc(NC(=O)COc2ccc(F)c(Cl)c2)cc1OCc1cccnc1. The zero-order valence-electron chi connectivity index (χ0n) is 15.5. The molecule has 1 amide bonds. The largest absolute Gasteiger partial charge is 0.493 e. The highest BCUT2D eigenvalue weighted by Gasteiger charge is 2.10. The number of carbonyl (C=O) groups excluding carboxylic acids is 1. The van der Waals surface area contributed by atoms with Gasteiger partial charge in [-0.1, -0.05) is 17.7 Å². The number of anilines is 1. The van der Waals surface area contributed by atoms with Crippen molar-refractivity contribution >= 4 is 23.2 Å². The van der Waals surface area contributed by atoms with Crippen molar-refractivity contribution < 1.29 is 23.4 Å². The van der Waals surface area contributed by atoms with Gasteiger partial charge in [0.2, 0.25) is 0 Å². The van der Waals surface area contributed by atoms with Gasteiger partial charge in [0, 0.05) is 35.8 Å². The summed E-state index contributed by atoms with van der Waals surface area (Å²) in [6.07, 6.45) is 3.39. The van der Waals surface area contributed by atoms with Gasteiger partial charge in [-0.3, -0.25) is 9.78 Å². The number of benzene rings is 2. The quantitative estimate of drug-likeness (QED) is 0.586. The smallest absolute Gasteiger partial charge is 0.262 e. The van der Waals surface area contributed by atoms with Crippen LogP contribution in [-0.2, 0) is 11.4 Å². The van der Waals surface area contributed by atoms with Gasteiger partial charge in [0.1, 0.15) is 18.2 Å². The summed E-state index contributed by atoms with van der Waals surface area (Å²) in [7, 11) is 1.53. The van der Waals surface area contributed by atoms with E-state index < -0.39 is 11.7 Å². The van der Waals surface area contributed by atoms with Gasteiger partial charge in [-0.25, -0.2) is 4.39 Å². The van der Waals surface area contributed by atoms with Gasteiger partial charge in [0.15, 0.2) is 18.1 Å². The van der Waals surface area contributed by atoms with E-state index in [1.165, 1.54) is 25.3 Å². The third kappa shape index (κ3) is 5.83. The minimum Gasteiger partial charge on any atom is -0.493 e. The lowest BCUT2D eigenvalue weighted by Crippen LogP contribution is -2.20. The molecular formula is C21H18ClFN2O4. The average Bonchev–Trinajstić information content (AvgIpc) is 2.74. The Kier molecular flexibility index (Phi) is 6.86. The second-order valence-electron chi connectivity index (χ2n) is 5.93.